The molecule has 0 aliphatic carbocycles. The monoisotopic (exact) mass is 345 g/mol. The van der Waals surface area contributed by atoms with Gasteiger partial charge in [0.2, 0.25) is 0 Å². The minimum atomic E-state index is -0.389. The van der Waals surface area contributed by atoms with Gasteiger partial charge < -0.3 is 9.15 Å². The number of carbonyl (C=O) groups excluding carboxylic acids is 1. The van der Waals surface area contributed by atoms with Crippen LogP contribution in [0.2, 0.25) is 0 Å². The van der Waals surface area contributed by atoms with Gasteiger partial charge in [-0.05, 0) is 43.3 Å². The molecule has 0 radical (unpaired) electrons. The molecule has 130 valence electrons. The Bertz CT molecular complexity index is 936. The van der Waals surface area contributed by atoms with Crippen LogP contribution in [0, 0.1) is 6.92 Å². The first-order valence-corrected chi connectivity index (χ1v) is 8.25. The average Bonchev–Trinajstić information content (AvgIpc) is 3.15. The summed E-state index contributed by atoms with van der Waals surface area (Å²) in [5.41, 5.74) is 3.32. The maximum absolute atomic E-state index is 12.0. The van der Waals surface area contributed by atoms with Crippen molar-refractivity contribution in [3.63, 3.8) is 0 Å². The molecule has 0 amide bonds. The normalized spacial score (nSPS) is 10.8. The van der Waals surface area contributed by atoms with Gasteiger partial charge in [-0.1, -0.05) is 42.5 Å². The second-order valence-electron chi connectivity index (χ2n) is 5.76. The molecule has 4 nitrogen and oxygen atoms in total. The van der Waals surface area contributed by atoms with Gasteiger partial charge in [0.1, 0.15) is 18.1 Å². The van der Waals surface area contributed by atoms with E-state index in [1.165, 1.54) is 11.6 Å². The summed E-state index contributed by atoms with van der Waals surface area (Å²) in [5.74, 6) is 0.911. The van der Waals surface area contributed by atoms with E-state index in [0.717, 1.165) is 11.3 Å². The summed E-state index contributed by atoms with van der Waals surface area (Å²) in [6.07, 6.45) is 3.21. The zero-order valence-electron chi connectivity index (χ0n) is 14.5. The van der Waals surface area contributed by atoms with Crippen LogP contribution < -0.4 is 0 Å². The van der Waals surface area contributed by atoms with Crippen LogP contribution in [0.3, 0.4) is 0 Å². The van der Waals surface area contributed by atoms with Crippen molar-refractivity contribution in [3.8, 4) is 11.3 Å². The Morgan fingerprint density at radius 1 is 1.15 bits per heavy atom. The summed E-state index contributed by atoms with van der Waals surface area (Å²) in [7, 11) is 0. The molecule has 1 heterocycles. The topological polar surface area (TPSA) is 51.8 Å². The number of hydrogen-bond acceptors (Lipinski definition) is 4. The number of aliphatic imine (C=N–C) groups is 1. The Kier molecular flexibility index (Phi) is 5.44. The molecule has 0 bridgehead atoms. The van der Waals surface area contributed by atoms with E-state index >= 15 is 0 Å². The molecule has 0 atom stereocenters. The first-order chi connectivity index (χ1) is 12.7. The summed E-state index contributed by atoms with van der Waals surface area (Å²) in [4.78, 5) is 16.4. The second kappa shape index (κ2) is 8.12. The van der Waals surface area contributed by atoms with Gasteiger partial charge in [-0.15, -0.1) is 0 Å². The predicted molar refractivity (Wildman–Crippen MR) is 103 cm³/mol. The van der Waals surface area contributed by atoms with E-state index in [-0.39, 0.29) is 12.6 Å². The molecule has 3 rings (SSSR count). The number of nitrogens with zero attached hydrogens (tertiary/aromatic N) is 1. The van der Waals surface area contributed by atoms with Crippen molar-refractivity contribution in [2.45, 2.75) is 6.92 Å². The highest BCUT2D eigenvalue weighted by Crippen LogP contribution is 2.23. The van der Waals surface area contributed by atoms with Crippen molar-refractivity contribution in [2.24, 2.45) is 4.99 Å². The van der Waals surface area contributed by atoms with Crippen molar-refractivity contribution >= 4 is 17.9 Å². The van der Waals surface area contributed by atoms with Gasteiger partial charge >= 0.3 is 5.97 Å². The Morgan fingerprint density at radius 2 is 1.96 bits per heavy atom. The molecule has 0 spiro atoms. The Labute approximate surface area is 152 Å². The highest BCUT2D eigenvalue weighted by Gasteiger charge is 2.10. The van der Waals surface area contributed by atoms with Gasteiger partial charge in [-0.2, -0.15) is 0 Å². The van der Waals surface area contributed by atoms with E-state index in [2.05, 4.69) is 11.6 Å². The molecule has 0 saturated carbocycles. The summed E-state index contributed by atoms with van der Waals surface area (Å²) >= 11 is 0. The number of hydrogen-bond donors (Lipinski definition) is 0. The highest BCUT2D eigenvalue weighted by molar-refractivity contribution is 5.91. The highest BCUT2D eigenvalue weighted by atomic mass is 16.5. The molecule has 26 heavy (non-hydrogen) atoms. The van der Waals surface area contributed by atoms with E-state index in [1.54, 1.807) is 24.4 Å². The van der Waals surface area contributed by atoms with Crippen molar-refractivity contribution in [1.82, 2.24) is 0 Å². The fourth-order valence-corrected chi connectivity index (χ4v) is 2.36. The van der Waals surface area contributed by atoms with Crippen LogP contribution in [-0.2, 0) is 4.74 Å². The predicted octanol–water partition coefficient (Wildman–Crippen LogP) is 5.35. The average molecular weight is 345 g/mol. The van der Waals surface area contributed by atoms with Gasteiger partial charge in [-0.25, -0.2) is 4.79 Å². The van der Waals surface area contributed by atoms with Crippen molar-refractivity contribution < 1.29 is 13.9 Å². The quantitative estimate of drug-likeness (QED) is 0.344. The third-order valence-corrected chi connectivity index (χ3v) is 3.72. The number of aryl methyl sites for hydroxylation is 1. The number of furan rings is 1. The van der Waals surface area contributed by atoms with Crippen LogP contribution in [0.4, 0.5) is 5.69 Å². The lowest BCUT2D eigenvalue weighted by atomic mass is 10.1. The molecular weight excluding hydrogens is 326 g/mol. The molecular formula is C22H19NO3. The number of esters is 1. The minimum Gasteiger partial charge on any atom is -0.458 e. The largest absolute Gasteiger partial charge is 0.458 e. The zero-order chi connectivity index (χ0) is 18.4. The third kappa shape index (κ3) is 4.36. The van der Waals surface area contributed by atoms with Gasteiger partial charge in [0.25, 0.3) is 0 Å². The summed E-state index contributed by atoms with van der Waals surface area (Å²) in [5, 5.41) is 0. The first kappa shape index (κ1) is 17.4. The minimum absolute atomic E-state index is 0.184. The zero-order valence-corrected chi connectivity index (χ0v) is 14.5. The number of benzene rings is 2. The number of carbonyl (C=O) groups is 1. The van der Waals surface area contributed by atoms with Crippen molar-refractivity contribution in [3.05, 3.63) is 90.2 Å². The third-order valence-electron chi connectivity index (χ3n) is 3.72. The van der Waals surface area contributed by atoms with Gasteiger partial charge in [0.05, 0.1) is 17.5 Å². The van der Waals surface area contributed by atoms with Crippen LogP contribution in [0.1, 0.15) is 21.7 Å². The second-order valence-corrected chi connectivity index (χ2v) is 5.76. The first-order valence-electron chi connectivity index (χ1n) is 8.25. The lowest BCUT2D eigenvalue weighted by molar-refractivity contribution is 0.0550. The lowest BCUT2D eigenvalue weighted by Gasteiger charge is -2.03. The Hall–Kier alpha value is -3.40. The molecule has 0 saturated heterocycles. The molecule has 0 aliphatic heterocycles. The molecule has 1 aromatic heterocycles. The molecule has 2 aromatic carbocycles. The van der Waals surface area contributed by atoms with Gasteiger partial charge in [0.15, 0.2) is 0 Å². The maximum Gasteiger partial charge on any atom is 0.338 e. The van der Waals surface area contributed by atoms with E-state index in [1.807, 2.05) is 49.4 Å². The fourth-order valence-electron chi connectivity index (χ4n) is 2.36. The van der Waals surface area contributed by atoms with Crippen LogP contribution in [-0.4, -0.2) is 18.8 Å². The van der Waals surface area contributed by atoms with Crippen molar-refractivity contribution in [2.75, 3.05) is 6.61 Å². The summed E-state index contributed by atoms with van der Waals surface area (Å²) in [6, 6.07) is 18.7. The molecule has 4 heteroatoms. The smallest absolute Gasteiger partial charge is 0.338 e. The Balaban J connectivity index is 1.76. The lowest BCUT2D eigenvalue weighted by Crippen LogP contribution is -2.04. The number of rotatable bonds is 6. The van der Waals surface area contributed by atoms with Crippen LogP contribution >= 0.6 is 0 Å². The van der Waals surface area contributed by atoms with Crippen LogP contribution in [0.25, 0.3) is 11.3 Å². The molecule has 0 aliphatic rings. The Morgan fingerprint density at radius 3 is 2.73 bits per heavy atom. The van der Waals surface area contributed by atoms with E-state index in [9.17, 15) is 4.79 Å². The van der Waals surface area contributed by atoms with E-state index in [0.29, 0.717) is 17.1 Å². The number of ether oxygens (including phenoxy) is 1. The SMILES string of the molecule is C=CCOC(=O)c1cccc(-c2ccc(C=Nc3ccc(C)cc3)o2)c1. The van der Waals surface area contributed by atoms with E-state index in [4.69, 9.17) is 9.15 Å². The van der Waals surface area contributed by atoms with Crippen LogP contribution in [0.15, 0.2) is 82.7 Å². The fraction of sp³-hybridized carbons (Fsp3) is 0.0909. The summed E-state index contributed by atoms with van der Waals surface area (Å²) < 4.78 is 10.9. The van der Waals surface area contributed by atoms with E-state index < -0.39 is 0 Å². The summed E-state index contributed by atoms with van der Waals surface area (Å²) in [6.45, 7) is 5.75. The van der Waals surface area contributed by atoms with Crippen LogP contribution in [0.5, 0.6) is 0 Å². The standard InChI is InChI=1S/C22H19NO3/c1-3-13-25-22(24)18-6-4-5-17(14-18)21-12-11-20(26-21)15-23-19-9-7-16(2)8-10-19/h3-12,14-15H,1,13H2,2H3. The van der Waals surface area contributed by atoms with Crippen molar-refractivity contribution in [1.29, 1.82) is 0 Å². The van der Waals surface area contributed by atoms with Gasteiger partial charge in [-0.3, -0.25) is 4.99 Å². The molecule has 0 unspecified atom stereocenters. The maximum atomic E-state index is 12.0. The molecule has 0 N–H and O–H groups in total. The van der Waals surface area contributed by atoms with Gasteiger partial charge in [0, 0.05) is 5.56 Å². The molecule has 0 fully saturated rings. The molecule has 3 aromatic rings.